The first kappa shape index (κ1) is 16.3. The zero-order chi connectivity index (χ0) is 16.2. The molecule has 9 heteroatoms. The van der Waals surface area contributed by atoms with Crippen LogP contribution in [-0.2, 0) is 16.5 Å². The minimum Gasteiger partial charge on any atom is -0.286 e. The van der Waals surface area contributed by atoms with Gasteiger partial charge in [0.1, 0.15) is 6.33 Å². The maximum absolute atomic E-state index is 13.1. The molecule has 5 nitrogen and oxygen atoms in total. The Bertz CT molecular complexity index is 685. The molecule has 22 heavy (non-hydrogen) atoms. The monoisotopic (exact) mass is 334 g/mol. The Morgan fingerprint density at radius 1 is 1.23 bits per heavy atom. The molecular weight excluding hydrogens is 321 g/mol. The van der Waals surface area contributed by atoms with Gasteiger partial charge in [0.2, 0.25) is 0 Å². The highest BCUT2D eigenvalue weighted by atomic mass is 32.2. The number of halogens is 3. The smallest absolute Gasteiger partial charge is 0.286 e. The molecule has 2 aromatic rings. The van der Waals surface area contributed by atoms with Crippen molar-refractivity contribution in [2.75, 3.05) is 5.75 Å². The van der Waals surface area contributed by atoms with Crippen molar-refractivity contribution < 1.29 is 25.9 Å². The van der Waals surface area contributed by atoms with Gasteiger partial charge in [-0.15, -0.1) is 0 Å². The van der Waals surface area contributed by atoms with E-state index in [1.165, 1.54) is 24.5 Å². The number of hydrogen-bond acceptors (Lipinski definition) is 4. The van der Waals surface area contributed by atoms with E-state index in [-0.39, 0.29) is 0 Å². The molecule has 120 valence electrons. The third-order valence-corrected chi connectivity index (χ3v) is 4.08. The lowest BCUT2D eigenvalue weighted by atomic mass is 10.0. The normalized spacial score (nSPS) is 13.8. The van der Waals surface area contributed by atoms with Gasteiger partial charge < -0.3 is 0 Å². The summed E-state index contributed by atoms with van der Waals surface area (Å²) in [5.41, 5.74) is 0.405. The maximum Gasteiger partial charge on any atom is 0.393 e. The van der Waals surface area contributed by atoms with Crippen molar-refractivity contribution in [3.63, 3.8) is 0 Å². The van der Waals surface area contributed by atoms with Crippen molar-refractivity contribution in [2.24, 2.45) is 5.92 Å². The summed E-state index contributed by atoms with van der Waals surface area (Å²) in [7, 11) is -4.40. The van der Waals surface area contributed by atoms with Crippen LogP contribution < -0.4 is 4.28 Å². The summed E-state index contributed by atoms with van der Waals surface area (Å²) in [6, 6.07) is 7.90. The number of aromatic nitrogens is 2. The van der Waals surface area contributed by atoms with Gasteiger partial charge >= 0.3 is 16.3 Å². The molecule has 0 spiro atoms. The largest absolute Gasteiger partial charge is 0.393 e. The summed E-state index contributed by atoms with van der Waals surface area (Å²) < 4.78 is 68.0. The molecule has 0 saturated carbocycles. The Morgan fingerprint density at radius 2 is 1.91 bits per heavy atom. The Labute approximate surface area is 125 Å². The highest BCUT2D eigenvalue weighted by Gasteiger charge is 2.43. The van der Waals surface area contributed by atoms with Gasteiger partial charge in [-0.2, -0.15) is 26.3 Å². The SMILES string of the molecule is O=S(=O)(CC(Cc1ccccc1)C(F)(F)F)On1ccnc1. The summed E-state index contributed by atoms with van der Waals surface area (Å²) >= 11 is 0. The summed E-state index contributed by atoms with van der Waals surface area (Å²) in [5.74, 6) is -3.22. The molecule has 0 N–H and O–H groups in total. The van der Waals surface area contributed by atoms with Gasteiger partial charge in [-0.3, -0.25) is 4.28 Å². The Balaban J connectivity index is 2.13. The van der Waals surface area contributed by atoms with Crippen LogP contribution in [0.1, 0.15) is 5.56 Å². The molecule has 0 saturated heterocycles. The molecule has 0 aliphatic heterocycles. The quantitative estimate of drug-likeness (QED) is 0.811. The number of benzene rings is 1. The molecule has 0 aliphatic carbocycles. The average Bonchev–Trinajstić information content (AvgIpc) is 2.90. The molecule has 2 rings (SSSR count). The Morgan fingerprint density at radius 3 is 2.45 bits per heavy atom. The van der Waals surface area contributed by atoms with Crippen LogP contribution in [0.5, 0.6) is 0 Å². The topological polar surface area (TPSA) is 61.2 Å². The number of imidazole rings is 1. The molecule has 1 aromatic heterocycles. The highest BCUT2D eigenvalue weighted by Crippen LogP contribution is 2.30. The Hall–Kier alpha value is -2.03. The lowest BCUT2D eigenvalue weighted by Gasteiger charge is -2.20. The molecular formula is C13H13F3N2O3S. The lowest BCUT2D eigenvalue weighted by molar-refractivity contribution is -0.168. The number of hydrogen-bond donors (Lipinski definition) is 0. The number of alkyl halides is 3. The minimum atomic E-state index is -4.65. The predicted octanol–water partition coefficient (Wildman–Crippen LogP) is 2.06. The molecule has 0 fully saturated rings. The van der Waals surface area contributed by atoms with E-state index in [9.17, 15) is 21.6 Å². The molecule has 1 heterocycles. The van der Waals surface area contributed by atoms with Crippen LogP contribution in [0.2, 0.25) is 0 Å². The fourth-order valence-electron chi connectivity index (χ4n) is 1.87. The molecule has 0 radical (unpaired) electrons. The van der Waals surface area contributed by atoms with Gasteiger partial charge in [-0.1, -0.05) is 30.3 Å². The molecule has 0 amide bonds. The standard InChI is InChI=1S/C13H13F3N2O3S/c14-13(15,16)12(8-11-4-2-1-3-5-11)9-22(19,20)21-18-7-6-17-10-18/h1-7,10,12H,8-9H2. The van der Waals surface area contributed by atoms with Crippen molar-refractivity contribution in [2.45, 2.75) is 12.6 Å². The van der Waals surface area contributed by atoms with E-state index in [2.05, 4.69) is 9.27 Å². The van der Waals surface area contributed by atoms with Crippen LogP contribution >= 0.6 is 0 Å². The highest BCUT2D eigenvalue weighted by molar-refractivity contribution is 7.86. The van der Waals surface area contributed by atoms with Crippen molar-refractivity contribution >= 4 is 10.1 Å². The fourth-order valence-corrected chi connectivity index (χ4v) is 3.08. The van der Waals surface area contributed by atoms with Crippen molar-refractivity contribution in [3.8, 4) is 0 Å². The summed E-state index contributed by atoms with van der Waals surface area (Å²) in [6.45, 7) is 0. The van der Waals surface area contributed by atoms with Crippen molar-refractivity contribution in [1.82, 2.24) is 9.71 Å². The molecule has 0 aliphatic rings. The van der Waals surface area contributed by atoms with Gasteiger partial charge in [0, 0.05) is 6.20 Å². The molecule has 1 aromatic carbocycles. The van der Waals surface area contributed by atoms with Crippen molar-refractivity contribution in [3.05, 3.63) is 54.6 Å². The van der Waals surface area contributed by atoms with Crippen LogP contribution in [0.25, 0.3) is 0 Å². The third kappa shape index (κ3) is 4.76. The van der Waals surface area contributed by atoms with Gasteiger partial charge in [0.25, 0.3) is 0 Å². The zero-order valence-electron chi connectivity index (χ0n) is 11.3. The molecule has 1 atom stereocenters. The third-order valence-electron chi connectivity index (χ3n) is 2.87. The van der Waals surface area contributed by atoms with E-state index in [0.717, 1.165) is 11.1 Å². The van der Waals surface area contributed by atoms with Gasteiger partial charge in [-0.25, -0.2) is 4.98 Å². The summed E-state index contributed by atoms with van der Waals surface area (Å²) in [6.07, 6.45) is -1.62. The Kier molecular flexibility index (Phi) is 4.74. The van der Waals surface area contributed by atoms with E-state index < -0.39 is 34.4 Å². The first-order valence-electron chi connectivity index (χ1n) is 6.27. The predicted molar refractivity (Wildman–Crippen MR) is 72.3 cm³/mol. The molecule has 0 bridgehead atoms. The van der Waals surface area contributed by atoms with Gasteiger partial charge in [0.15, 0.2) is 0 Å². The van der Waals surface area contributed by atoms with Crippen LogP contribution in [0.3, 0.4) is 0 Å². The van der Waals surface area contributed by atoms with Gasteiger partial charge in [0.05, 0.1) is 17.9 Å². The second-order valence-corrected chi connectivity index (χ2v) is 6.25. The fraction of sp³-hybridized carbons (Fsp3) is 0.308. The molecule has 1 unspecified atom stereocenters. The van der Waals surface area contributed by atoms with E-state index in [1.807, 2.05) is 0 Å². The number of nitrogens with zero attached hydrogens (tertiary/aromatic N) is 2. The van der Waals surface area contributed by atoms with E-state index in [4.69, 9.17) is 0 Å². The average molecular weight is 334 g/mol. The first-order valence-corrected chi connectivity index (χ1v) is 7.85. The summed E-state index contributed by atoms with van der Waals surface area (Å²) in [5, 5.41) is 0. The second-order valence-electron chi connectivity index (χ2n) is 4.65. The van der Waals surface area contributed by atoms with Gasteiger partial charge in [-0.05, 0) is 12.0 Å². The van der Waals surface area contributed by atoms with E-state index in [0.29, 0.717) is 5.56 Å². The van der Waals surface area contributed by atoms with Crippen LogP contribution in [0, 0.1) is 5.92 Å². The zero-order valence-corrected chi connectivity index (χ0v) is 12.1. The lowest BCUT2D eigenvalue weighted by Crippen LogP contribution is -2.35. The first-order chi connectivity index (χ1) is 10.3. The van der Waals surface area contributed by atoms with E-state index in [1.54, 1.807) is 18.2 Å². The summed E-state index contributed by atoms with van der Waals surface area (Å²) in [4.78, 5) is 3.55. The van der Waals surface area contributed by atoms with Crippen molar-refractivity contribution in [1.29, 1.82) is 0 Å². The minimum absolute atomic E-state index is 0.405. The van der Waals surface area contributed by atoms with Crippen LogP contribution in [0.4, 0.5) is 13.2 Å². The maximum atomic E-state index is 13.1. The second kappa shape index (κ2) is 6.39. The number of rotatable bonds is 6. The van der Waals surface area contributed by atoms with Crippen LogP contribution in [0.15, 0.2) is 49.1 Å². The van der Waals surface area contributed by atoms with Crippen LogP contribution in [-0.4, -0.2) is 30.1 Å². The van der Waals surface area contributed by atoms with E-state index >= 15 is 0 Å².